The lowest BCUT2D eigenvalue weighted by Crippen LogP contribution is -2.41. The topological polar surface area (TPSA) is 108 Å². The van der Waals surface area contributed by atoms with Gasteiger partial charge < -0.3 is 10.5 Å². The van der Waals surface area contributed by atoms with Crippen molar-refractivity contribution in [2.75, 3.05) is 6.61 Å². The standard InChI is InChI=1S/C29H20Cl2F2N2O5S2/c1-2-40-29(37)24-23(22-18(31)11-7-13-20(22)33)25(42(38,39)15-8-4-3-5-9-15)26(34)35-27(36)21(41-28(24)35)14-16-17(30)10-6-12-19(16)32/h3-14,23H,2,34H2,1H3/b21-14-/t23-/m1/s1. The molecule has 2 N–H and O–H groups in total. The van der Waals surface area contributed by atoms with Crippen LogP contribution in [0.1, 0.15) is 24.0 Å². The Hall–Kier alpha value is -3.77. The van der Waals surface area contributed by atoms with E-state index in [1.54, 1.807) is 6.07 Å². The molecule has 2 heterocycles. The fourth-order valence-corrected chi connectivity index (χ4v) is 7.99. The third-order valence-corrected chi connectivity index (χ3v) is 10.2. The molecule has 0 saturated heterocycles. The molecule has 1 aliphatic heterocycles. The molecule has 0 unspecified atom stereocenters. The SMILES string of the molecule is CCOC(=O)C1=c2s/c(=C\c3c(F)cccc3Cl)c(=O)n2C(N)=C(S(=O)(=O)c2ccccc2)[C@@H]1c1c(F)cccc1Cl. The van der Waals surface area contributed by atoms with Crippen LogP contribution in [-0.4, -0.2) is 25.6 Å². The third kappa shape index (κ3) is 4.96. The number of thiazole rings is 1. The van der Waals surface area contributed by atoms with Crippen molar-refractivity contribution >= 4 is 67.8 Å². The number of hydrogen-bond donors (Lipinski definition) is 1. The van der Waals surface area contributed by atoms with E-state index in [-0.39, 0.29) is 47.4 Å². The molecule has 13 heteroatoms. The van der Waals surface area contributed by atoms with Gasteiger partial charge >= 0.3 is 5.97 Å². The lowest BCUT2D eigenvalue weighted by atomic mass is 9.89. The molecule has 0 saturated carbocycles. The van der Waals surface area contributed by atoms with Crippen molar-refractivity contribution in [3.05, 3.63) is 124 Å². The summed E-state index contributed by atoms with van der Waals surface area (Å²) in [5, 5.41) is -0.181. The molecular formula is C29H20Cl2F2N2O5S2. The zero-order chi connectivity index (χ0) is 30.3. The smallest absolute Gasteiger partial charge is 0.338 e. The first-order valence-corrected chi connectivity index (χ1v) is 15.4. The summed E-state index contributed by atoms with van der Waals surface area (Å²) in [6, 6.07) is 14.8. The molecule has 7 nitrogen and oxygen atoms in total. The monoisotopic (exact) mass is 648 g/mol. The molecule has 3 aromatic carbocycles. The minimum atomic E-state index is -4.59. The highest BCUT2D eigenvalue weighted by Gasteiger charge is 2.44. The number of esters is 1. The summed E-state index contributed by atoms with van der Waals surface area (Å²) in [5.74, 6) is -4.95. The van der Waals surface area contributed by atoms with Crippen molar-refractivity contribution in [1.29, 1.82) is 0 Å². The van der Waals surface area contributed by atoms with Crippen LogP contribution in [0.5, 0.6) is 0 Å². The highest BCUT2D eigenvalue weighted by atomic mass is 35.5. The van der Waals surface area contributed by atoms with Gasteiger partial charge in [-0.3, -0.25) is 9.36 Å². The van der Waals surface area contributed by atoms with Crippen LogP contribution in [0, 0.1) is 11.6 Å². The zero-order valence-electron chi connectivity index (χ0n) is 21.6. The number of carbonyl (C=O) groups is 1. The maximum Gasteiger partial charge on any atom is 0.338 e. The van der Waals surface area contributed by atoms with E-state index in [0.29, 0.717) is 11.3 Å². The number of halogens is 4. The van der Waals surface area contributed by atoms with Gasteiger partial charge in [-0.1, -0.05) is 53.5 Å². The number of fused-ring (bicyclic) bond motifs is 1. The van der Waals surface area contributed by atoms with Crippen LogP contribution in [0.4, 0.5) is 8.78 Å². The average molecular weight is 650 g/mol. The van der Waals surface area contributed by atoms with E-state index in [0.717, 1.165) is 16.7 Å². The lowest BCUT2D eigenvalue weighted by Gasteiger charge is -2.28. The Kier molecular flexibility index (Phi) is 8.13. The molecule has 0 fully saturated rings. The highest BCUT2D eigenvalue weighted by Crippen LogP contribution is 2.45. The maximum atomic E-state index is 15.5. The number of aromatic nitrogens is 1. The minimum absolute atomic E-state index is 0.00670. The van der Waals surface area contributed by atoms with E-state index < -0.39 is 49.6 Å². The Morgan fingerprint density at radius 1 is 1.02 bits per heavy atom. The van der Waals surface area contributed by atoms with Crippen LogP contribution in [-0.2, 0) is 19.4 Å². The van der Waals surface area contributed by atoms with E-state index in [1.165, 1.54) is 61.5 Å². The first-order valence-electron chi connectivity index (χ1n) is 12.3. The molecule has 0 amide bonds. The highest BCUT2D eigenvalue weighted by molar-refractivity contribution is 7.95. The predicted octanol–water partition coefficient (Wildman–Crippen LogP) is 4.39. The quantitative estimate of drug-likeness (QED) is 0.311. The number of sulfone groups is 1. The Labute approximate surface area is 252 Å². The molecule has 5 rings (SSSR count). The number of allylic oxidation sites excluding steroid dienone is 1. The first kappa shape index (κ1) is 29.7. The number of carbonyl (C=O) groups excluding carboxylic acids is 1. The molecule has 0 bridgehead atoms. The van der Waals surface area contributed by atoms with Crippen molar-refractivity contribution in [2.24, 2.45) is 5.73 Å². The van der Waals surface area contributed by atoms with Crippen LogP contribution < -0.4 is 20.5 Å². The summed E-state index contributed by atoms with van der Waals surface area (Å²) < 4.78 is 64.4. The van der Waals surface area contributed by atoms with Crippen molar-refractivity contribution < 1.29 is 26.7 Å². The van der Waals surface area contributed by atoms with E-state index in [2.05, 4.69) is 0 Å². The second-order valence-corrected chi connectivity index (χ2v) is 12.7. The second-order valence-electron chi connectivity index (χ2n) is 8.96. The average Bonchev–Trinajstić information content (AvgIpc) is 3.27. The summed E-state index contributed by atoms with van der Waals surface area (Å²) in [4.78, 5) is 26.5. The summed E-state index contributed by atoms with van der Waals surface area (Å²) in [6.45, 7) is 1.40. The Bertz CT molecular complexity index is 2030. The number of ether oxygens (including phenoxy) is 1. The van der Waals surface area contributed by atoms with Gasteiger partial charge in [-0.15, -0.1) is 11.3 Å². The van der Waals surface area contributed by atoms with E-state index in [1.807, 2.05) is 0 Å². The normalized spacial score (nSPS) is 15.6. The molecule has 216 valence electrons. The number of nitrogens with zero attached hydrogens (tertiary/aromatic N) is 1. The fraction of sp³-hybridized carbons (Fsp3) is 0.103. The van der Waals surface area contributed by atoms with E-state index in [9.17, 15) is 22.4 Å². The molecule has 1 aliphatic rings. The van der Waals surface area contributed by atoms with Gasteiger partial charge in [0.05, 0.1) is 32.5 Å². The van der Waals surface area contributed by atoms with Gasteiger partial charge in [0, 0.05) is 16.1 Å². The predicted molar refractivity (Wildman–Crippen MR) is 158 cm³/mol. The zero-order valence-corrected chi connectivity index (χ0v) is 24.8. The van der Waals surface area contributed by atoms with Crippen molar-refractivity contribution in [2.45, 2.75) is 17.7 Å². The summed E-state index contributed by atoms with van der Waals surface area (Å²) in [5.41, 5.74) is 4.77. The number of nitrogens with two attached hydrogens (primary N) is 1. The van der Waals surface area contributed by atoms with E-state index in [4.69, 9.17) is 33.7 Å². The molecule has 42 heavy (non-hydrogen) atoms. The fourth-order valence-electron chi connectivity index (χ4n) is 4.67. The minimum Gasteiger partial charge on any atom is -0.463 e. The molecular weight excluding hydrogens is 629 g/mol. The van der Waals surface area contributed by atoms with Crippen LogP contribution in [0.3, 0.4) is 0 Å². The second kappa shape index (κ2) is 11.5. The van der Waals surface area contributed by atoms with Gasteiger partial charge in [0.1, 0.15) is 27.0 Å². The number of hydrogen-bond acceptors (Lipinski definition) is 7. The summed E-state index contributed by atoms with van der Waals surface area (Å²) in [6.07, 6.45) is 1.17. The van der Waals surface area contributed by atoms with Gasteiger partial charge in [-0.25, -0.2) is 22.0 Å². The van der Waals surface area contributed by atoms with Gasteiger partial charge in [0.25, 0.3) is 5.56 Å². The molecule has 1 atom stereocenters. The van der Waals surface area contributed by atoms with Gasteiger partial charge in [0.15, 0.2) is 0 Å². The van der Waals surface area contributed by atoms with Gasteiger partial charge in [0.2, 0.25) is 9.84 Å². The molecule has 1 aromatic heterocycles. The summed E-state index contributed by atoms with van der Waals surface area (Å²) >= 11 is 13.3. The van der Waals surface area contributed by atoms with E-state index >= 15 is 4.39 Å². The van der Waals surface area contributed by atoms with Crippen molar-refractivity contribution in [3.63, 3.8) is 0 Å². The maximum absolute atomic E-state index is 15.5. The van der Waals surface area contributed by atoms with Gasteiger partial charge in [-0.2, -0.15) is 0 Å². The lowest BCUT2D eigenvalue weighted by molar-refractivity contribution is -0.136. The third-order valence-electron chi connectivity index (χ3n) is 6.50. The summed E-state index contributed by atoms with van der Waals surface area (Å²) in [7, 11) is -4.59. The van der Waals surface area contributed by atoms with Crippen molar-refractivity contribution in [3.8, 4) is 0 Å². The number of rotatable bonds is 6. The van der Waals surface area contributed by atoms with Crippen LogP contribution >= 0.6 is 34.5 Å². The molecule has 4 aromatic rings. The Morgan fingerprint density at radius 3 is 2.29 bits per heavy atom. The van der Waals surface area contributed by atoms with Crippen LogP contribution in [0.25, 0.3) is 17.5 Å². The van der Waals surface area contributed by atoms with Crippen molar-refractivity contribution in [1.82, 2.24) is 4.57 Å². The molecule has 0 aliphatic carbocycles. The first-order chi connectivity index (χ1) is 20.0. The van der Waals surface area contributed by atoms with Crippen LogP contribution in [0.2, 0.25) is 10.0 Å². The molecule has 0 spiro atoms. The molecule has 0 radical (unpaired) electrons. The van der Waals surface area contributed by atoms with Gasteiger partial charge in [-0.05, 0) is 49.4 Å². The number of benzene rings is 3. The Balaban J connectivity index is 1.99. The van der Waals surface area contributed by atoms with Crippen LogP contribution in [0.15, 0.2) is 81.3 Å². The largest absolute Gasteiger partial charge is 0.463 e. The Morgan fingerprint density at radius 2 is 1.67 bits per heavy atom.